The second-order valence-corrected chi connectivity index (χ2v) is 10.7. The summed E-state index contributed by atoms with van der Waals surface area (Å²) in [6.07, 6.45) is -0.493. The summed E-state index contributed by atoms with van der Waals surface area (Å²) in [6, 6.07) is 17.7. The van der Waals surface area contributed by atoms with Crippen LogP contribution in [0.3, 0.4) is 0 Å². The molecule has 4 N–H and O–H groups in total. The van der Waals surface area contributed by atoms with Crippen molar-refractivity contribution in [3.8, 4) is 17.2 Å². The molecule has 0 unspecified atom stereocenters. The van der Waals surface area contributed by atoms with Gasteiger partial charge in [0, 0.05) is 42.6 Å². The highest BCUT2D eigenvalue weighted by Gasteiger charge is 2.34. The Hall–Kier alpha value is -4.97. The number of benzene rings is 3. The van der Waals surface area contributed by atoms with Gasteiger partial charge in [-0.3, -0.25) is 4.79 Å². The quantitative estimate of drug-likeness (QED) is 0.319. The van der Waals surface area contributed by atoms with E-state index in [1.165, 1.54) is 4.90 Å². The molecule has 0 aliphatic carbocycles. The summed E-state index contributed by atoms with van der Waals surface area (Å²) in [6.45, 7) is 4.11. The minimum atomic E-state index is -0.493. The third-order valence-corrected chi connectivity index (χ3v) is 7.38. The van der Waals surface area contributed by atoms with Gasteiger partial charge in [-0.05, 0) is 49.4 Å². The number of nitrogens with one attached hydrogen (secondary N) is 3. The van der Waals surface area contributed by atoms with Gasteiger partial charge in [-0.1, -0.05) is 25.1 Å². The van der Waals surface area contributed by atoms with E-state index in [1.807, 2.05) is 25.1 Å². The summed E-state index contributed by atoms with van der Waals surface area (Å²) in [5.74, 6) is 0.968. The number of para-hydroxylation sites is 1. The van der Waals surface area contributed by atoms with E-state index in [-0.39, 0.29) is 49.9 Å². The van der Waals surface area contributed by atoms with Crippen molar-refractivity contribution in [2.24, 2.45) is 5.92 Å². The van der Waals surface area contributed by atoms with Crippen LogP contribution in [0, 0.1) is 5.92 Å². The first-order valence-electron chi connectivity index (χ1n) is 14.0. The van der Waals surface area contributed by atoms with Gasteiger partial charge in [0.05, 0.1) is 24.8 Å². The molecule has 2 heterocycles. The van der Waals surface area contributed by atoms with Crippen LogP contribution in [-0.2, 0) is 0 Å². The van der Waals surface area contributed by atoms with Crippen molar-refractivity contribution in [2.75, 3.05) is 49.5 Å². The van der Waals surface area contributed by atoms with Gasteiger partial charge in [-0.15, -0.1) is 0 Å². The number of hydrogen-bond acceptors (Lipinski definition) is 7. The molecule has 0 fully saturated rings. The molecule has 0 radical (unpaired) electrons. The highest BCUT2D eigenvalue weighted by Crippen LogP contribution is 2.34. The van der Waals surface area contributed by atoms with Crippen molar-refractivity contribution in [1.82, 2.24) is 9.80 Å². The van der Waals surface area contributed by atoms with E-state index in [0.29, 0.717) is 34.3 Å². The number of ether oxygens (including phenoxy) is 3. The maximum atomic E-state index is 13.7. The predicted molar refractivity (Wildman–Crippen MR) is 161 cm³/mol. The molecule has 3 atom stereocenters. The van der Waals surface area contributed by atoms with Gasteiger partial charge in [-0.25, -0.2) is 9.59 Å². The lowest BCUT2D eigenvalue weighted by molar-refractivity contribution is 0.0371. The Morgan fingerprint density at radius 2 is 1.63 bits per heavy atom. The van der Waals surface area contributed by atoms with Crippen LogP contribution in [-0.4, -0.2) is 78.6 Å². The highest BCUT2D eigenvalue weighted by atomic mass is 16.7. The SMILES string of the molecule is C[C@@H]1CN([C@H](C)CO)C(=O)c2cc(NC(=O)Nc3ccccc3)ccc2O[C@H]1CN(C)C(=O)Nc1ccc2c(c1)OCO2. The van der Waals surface area contributed by atoms with Gasteiger partial charge in [0.25, 0.3) is 5.91 Å². The number of carbonyl (C=O) groups excluding carboxylic acids is 3. The van der Waals surface area contributed by atoms with E-state index in [2.05, 4.69) is 16.0 Å². The Morgan fingerprint density at radius 1 is 0.953 bits per heavy atom. The molecule has 226 valence electrons. The van der Waals surface area contributed by atoms with Crippen LogP contribution in [0.25, 0.3) is 0 Å². The monoisotopic (exact) mass is 589 g/mol. The zero-order chi connectivity index (χ0) is 30.5. The molecule has 2 aliphatic rings. The fraction of sp³-hybridized carbons (Fsp3) is 0.323. The molecule has 0 spiro atoms. The second kappa shape index (κ2) is 12.9. The maximum absolute atomic E-state index is 13.7. The third kappa shape index (κ3) is 6.92. The van der Waals surface area contributed by atoms with Crippen molar-refractivity contribution in [3.63, 3.8) is 0 Å². The summed E-state index contributed by atoms with van der Waals surface area (Å²) >= 11 is 0. The molecule has 12 nitrogen and oxygen atoms in total. The molecule has 0 bridgehead atoms. The predicted octanol–water partition coefficient (Wildman–Crippen LogP) is 4.44. The minimum absolute atomic E-state index is 0.137. The van der Waals surface area contributed by atoms with Crippen LogP contribution in [0.1, 0.15) is 24.2 Å². The number of nitrogens with zero attached hydrogens (tertiary/aromatic N) is 2. The molecule has 43 heavy (non-hydrogen) atoms. The number of carbonyl (C=O) groups is 3. The van der Waals surface area contributed by atoms with E-state index < -0.39 is 18.2 Å². The van der Waals surface area contributed by atoms with Crippen LogP contribution in [0.4, 0.5) is 26.7 Å². The number of anilines is 3. The zero-order valence-corrected chi connectivity index (χ0v) is 24.2. The number of aliphatic hydroxyl groups is 1. The second-order valence-electron chi connectivity index (χ2n) is 10.7. The van der Waals surface area contributed by atoms with E-state index in [0.717, 1.165) is 0 Å². The third-order valence-electron chi connectivity index (χ3n) is 7.38. The van der Waals surface area contributed by atoms with Crippen LogP contribution in [0.5, 0.6) is 17.2 Å². The van der Waals surface area contributed by atoms with Crippen LogP contribution in [0.2, 0.25) is 0 Å². The van der Waals surface area contributed by atoms with Gasteiger partial charge in [0.15, 0.2) is 11.5 Å². The Balaban J connectivity index is 1.33. The standard InChI is InChI=1S/C31H35N5O7/c1-19-15-36(20(2)17-37)29(38)24-13-22(33-30(39)32-21-7-5-4-6-8-21)9-11-25(24)43-28(19)16-35(3)31(40)34-23-10-12-26-27(14-23)42-18-41-26/h4-14,19-20,28,37H,15-18H2,1-3H3,(H,34,40)(H2,32,33,39)/t19-,20-,28+/m1/s1. The summed E-state index contributed by atoms with van der Waals surface area (Å²) < 4.78 is 17.1. The average molecular weight is 590 g/mol. The van der Waals surface area contributed by atoms with E-state index >= 15 is 0 Å². The van der Waals surface area contributed by atoms with Crippen molar-refractivity contribution in [3.05, 3.63) is 72.3 Å². The number of aliphatic hydroxyl groups excluding tert-OH is 1. The first-order valence-corrected chi connectivity index (χ1v) is 14.0. The van der Waals surface area contributed by atoms with Crippen molar-refractivity contribution in [1.29, 1.82) is 0 Å². The Bertz CT molecular complexity index is 1480. The van der Waals surface area contributed by atoms with E-state index in [1.54, 1.807) is 67.4 Å². The largest absolute Gasteiger partial charge is 0.487 e. The van der Waals surface area contributed by atoms with Gasteiger partial charge in [0.1, 0.15) is 11.9 Å². The Morgan fingerprint density at radius 3 is 2.37 bits per heavy atom. The molecule has 3 aromatic carbocycles. The number of amides is 5. The molecule has 2 aliphatic heterocycles. The molecule has 0 saturated carbocycles. The lowest BCUT2D eigenvalue weighted by atomic mass is 9.99. The van der Waals surface area contributed by atoms with Crippen LogP contribution < -0.4 is 30.2 Å². The summed E-state index contributed by atoms with van der Waals surface area (Å²) in [4.78, 5) is 42.5. The zero-order valence-electron chi connectivity index (χ0n) is 24.2. The number of hydrogen-bond donors (Lipinski definition) is 4. The van der Waals surface area contributed by atoms with Crippen LogP contribution in [0.15, 0.2) is 66.7 Å². The molecule has 5 rings (SSSR count). The van der Waals surface area contributed by atoms with Gasteiger partial charge < -0.3 is 45.1 Å². The van der Waals surface area contributed by atoms with Crippen molar-refractivity contribution >= 4 is 35.0 Å². The number of urea groups is 2. The first-order chi connectivity index (χ1) is 20.7. The van der Waals surface area contributed by atoms with Crippen molar-refractivity contribution in [2.45, 2.75) is 26.0 Å². The van der Waals surface area contributed by atoms with Gasteiger partial charge in [0.2, 0.25) is 6.79 Å². The molecule has 12 heteroatoms. The smallest absolute Gasteiger partial charge is 0.323 e. The topological polar surface area (TPSA) is 142 Å². The van der Waals surface area contributed by atoms with Crippen LogP contribution >= 0.6 is 0 Å². The summed E-state index contributed by atoms with van der Waals surface area (Å²) in [7, 11) is 1.66. The summed E-state index contributed by atoms with van der Waals surface area (Å²) in [5.41, 5.74) is 1.81. The average Bonchev–Trinajstić information content (AvgIpc) is 3.47. The fourth-order valence-electron chi connectivity index (χ4n) is 4.88. The molecule has 3 aromatic rings. The van der Waals surface area contributed by atoms with Crippen molar-refractivity contribution < 1.29 is 33.7 Å². The lowest BCUT2D eigenvalue weighted by Gasteiger charge is -2.38. The molecular weight excluding hydrogens is 554 g/mol. The van der Waals surface area contributed by atoms with E-state index in [4.69, 9.17) is 14.2 Å². The Labute approximate surface area is 249 Å². The number of fused-ring (bicyclic) bond motifs is 2. The molecule has 0 saturated heterocycles. The van der Waals surface area contributed by atoms with E-state index in [9.17, 15) is 19.5 Å². The number of rotatable bonds is 7. The van der Waals surface area contributed by atoms with Gasteiger partial charge in [-0.2, -0.15) is 0 Å². The molecular formula is C31H35N5O7. The summed E-state index contributed by atoms with van der Waals surface area (Å²) in [5, 5.41) is 18.3. The van der Waals surface area contributed by atoms with Gasteiger partial charge >= 0.3 is 12.1 Å². The maximum Gasteiger partial charge on any atom is 0.323 e. The minimum Gasteiger partial charge on any atom is -0.487 e. The fourth-order valence-corrected chi connectivity index (χ4v) is 4.88. The first kappa shape index (κ1) is 29.5. The normalized spacial score (nSPS) is 18.0. The molecule has 5 amide bonds. The number of likely N-dealkylation sites (N-methyl/N-ethyl adjacent to an activating group) is 1. The highest BCUT2D eigenvalue weighted by molar-refractivity contribution is 6.02. The molecule has 0 aromatic heterocycles. The lowest BCUT2D eigenvalue weighted by Crippen LogP contribution is -2.50. The Kier molecular flexibility index (Phi) is 8.86.